The van der Waals surface area contributed by atoms with Crippen LogP contribution in [0.1, 0.15) is 31.7 Å². The van der Waals surface area contributed by atoms with Crippen LogP contribution < -0.4 is 14.8 Å². The van der Waals surface area contributed by atoms with Crippen LogP contribution in [0.3, 0.4) is 0 Å². The van der Waals surface area contributed by atoms with E-state index < -0.39 is 10.0 Å². The molecule has 0 radical (unpaired) electrons. The number of piperidine rings is 1. The third-order valence-corrected chi connectivity index (χ3v) is 7.60. The number of hydrogen-bond acceptors (Lipinski definition) is 5. The second-order valence-electron chi connectivity index (χ2n) is 7.68. The lowest BCUT2D eigenvalue weighted by Gasteiger charge is -2.30. The van der Waals surface area contributed by atoms with Gasteiger partial charge < -0.3 is 14.8 Å². The summed E-state index contributed by atoms with van der Waals surface area (Å²) in [5.41, 5.74) is 0.904. The first-order valence-corrected chi connectivity index (χ1v) is 12.5. The van der Waals surface area contributed by atoms with E-state index in [4.69, 9.17) is 21.1 Å². The quantitative estimate of drug-likeness (QED) is 0.589. The monoisotopic (exact) mass is 480 g/mol. The van der Waals surface area contributed by atoms with Crippen LogP contribution in [0.5, 0.6) is 11.5 Å². The first-order chi connectivity index (χ1) is 15.3. The number of nitrogens with one attached hydrogen (secondary N) is 1. The lowest BCUT2D eigenvalue weighted by molar-refractivity contribution is -0.126. The number of ether oxygens (including phenoxy) is 2. The van der Waals surface area contributed by atoms with Crippen molar-refractivity contribution in [2.75, 3.05) is 26.8 Å². The number of sulfonamides is 1. The summed E-state index contributed by atoms with van der Waals surface area (Å²) in [7, 11) is -2.00. The number of rotatable bonds is 9. The molecule has 0 unspecified atom stereocenters. The van der Waals surface area contributed by atoms with E-state index in [1.54, 1.807) is 19.2 Å². The summed E-state index contributed by atoms with van der Waals surface area (Å²) in [5.74, 6) is 1.02. The molecule has 2 aromatic carbocycles. The average Bonchev–Trinajstić information content (AvgIpc) is 2.81. The van der Waals surface area contributed by atoms with Crippen molar-refractivity contribution in [1.29, 1.82) is 0 Å². The van der Waals surface area contributed by atoms with E-state index in [0.29, 0.717) is 55.6 Å². The van der Waals surface area contributed by atoms with Crippen LogP contribution in [0.15, 0.2) is 47.4 Å². The zero-order valence-electron chi connectivity index (χ0n) is 18.3. The summed E-state index contributed by atoms with van der Waals surface area (Å²) < 4.78 is 38.1. The molecule has 3 rings (SSSR count). The number of amides is 1. The van der Waals surface area contributed by atoms with Gasteiger partial charge in [0.05, 0.1) is 18.6 Å². The van der Waals surface area contributed by atoms with Gasteiger partial charge in [-0.25, -0.2) is 8.42 Å². The largest absolute Gasteiger partial charge is 0.493 e. The molecule has 9 heteroatoms. The molecule has 0 bridgehead atoms. The van der Waals surface area contributed by atoms with E-state index >= 15 is 0 Å². The Morgan fingerprint density at radius 2 is 1.81 bits per heavy atom. The van der Waals surface area contributed by atoms with Crippen LogP contribution in [-0.4, -0.2) is 45.4 Å². The molecule has 0 saturated carbocycles. The molecule has 1 amide bonds. The third-order valence-electron chi connectivity index (χ3n) is 5.43. The molecule has 1 fully saturated rings. The van der Waals surface area contributed by atoms with Gasteiger partial charge >= 0.3 is 0 Å². The highest BCUT2D eigenvalue weighted by molar-refractivity contribution is 7.89. The Hall–Kier alpha value is -2.29. The van der Waals surface area contributed by atoms with Gasteiger partial charge in [0.1, 0.15) is 0 Å². The molecule has 1 heterocycles. The standard InChI is InChI=1S/C23H29ClN2O5S/c1-3-14-31-21-9-4-17(15-22(21)30-2)16-25-23(27)18-10-12-26(13-11-18)32(28,29)20-7-5-19(24)6-8-20/h4-9,15,18H,3,10-14,16H2,1-2H3,(H,25,27). The topological polar surface area (TPSA) is 84.9 Å². The van der Waals surface area contributed by atoms with Gasteiger partial charge in [0.2, 0.25) is 15.9 Å². The molecule has 0 aromatic heterocycles. The molecule has 174 valence electrons. The van der Waals surface area contributed by atoms with E-state index in [0.717, 1.165) is 12.0 Å². The van der Waals surface area contributed by atoms with Crippen LogP contribution >= 0.6 is 11.6 Å². The van der Waals surface area contributed by atoms with E-state index in [1.165, 1.54) is 16.4 Å². The zero-order chi connectivity index (χ0) is 23.1. The van der Waals surface area contributed by atoms with E-state index in [-0.39, 0.29) is 16.7 Å². The molecule has 1 saturated heterocycles. The Labute approximate surface area is 194 Å². The van der Waals surface area contributed by atoms with Crippen LogP contribution in [0.25, 0.3) is 0 Å². The predicted octanol–water partition coefficient (Wildman–Crippen LogP) is 3.85. The van der Waals surface area contributed by atoms with Gasteiger partial charge in [0.15, 0.2) is 11.5 Å². The maximum Gasteiger partial charge on any atom is 0.243 e. The molecular formula is C23H29ClN2O5S. The smallest absolute Gasteiger partial charge is 0.243 e. The maximum atomic E-state index is 12.8. The highest BCUT2D eigenvalue weighted by atomic mass is 35.5. The molecule has 32 heavy (non-hydrogen) atoms. The molecule has 1 aliphatic rings. The SMILES string of the molecule is CCCOc1ccc(CNC(=O)C2CCN(S(=O)(=O)c3ccc(Cl)cc3)CC2)cc1OC. The van der Waals surface area contributed by atoms with Crippen molar-refractivity contribution in [3.05, 3.63) is 53.1 Å². The number of carbonyl (C=O) groups excluding carboxylic acids is 1. The van der Waals surface area contributed by atoms with Crippen molar-refractivity contribution in [2.45, 2.75) is 37.6 Å². The predicted molar refractivity (Wildman–Crippen MR) is 124 cm³/mol. The molecule has 1 aliphatic heterocycles. The van der Waals surface area contributed by atoms with Gasteiger partial charge in [-0.2, -0.15) is 4.31 Å². The van der Waals surface area contributed by atoms with Crippen molar-refractivity contribution in [3.8, 4) is 11.5 Å². The van der Waals surface area contributed by atoms with Crippen molar-refractivity contribution >= 4 is 27.5 Å². The minimum Gasteiger partial charge on any atom is -0.493 e. The van der Waals surface area contributed by atoms with Crippen molar-refractivity contribution in [3.63, 3.8) is 0 Å². The van der Waals surface area contributed by atoms with Crippen LogP contribution in [0.2, 0.25) is 5.02 Å². The Morgan fingerprint density at radius 3 is 2.44 bits per heavy atom. The highest BCUT2D eigenvalue weighted by Gasteiger charge is 2.32. The second kappa shape index (κ2) is 11.0. The zero-order valence-corrected chi connectivity index (χ0v) is 19.9. The molecular weight excluding hydrogens is 452 g/mol. The maximum absolute atomic E-state index is 12.8. The fourth-order valence-electron chi connectivity index (χ4n) is 3.60. The first-order valence-electron chi connectivity index (χ1n) is 10.7. The van der Waals surface area contributed by atoms with Gasteiger partial charge in [-0.1, -0.05) is 24.6 Å². The van der Waals surface area contributed by atoms with Crippen molar-refractivity contribution in [2.24, 2.45) is 5.92 Å². The van der Waals surface area contributed by atoms with E-state index in [2.05, 4.69) is 5.32 Å². The lowest BCUT2D eigenvalue weighted by atomic mass is 9.97. The number of benzene rings is 2. The number of halogens is 1. The first kappa shape index (κ1) is 24.4. The highest BCUT2D eigenvalue weighted by Crippen LogP contribution is 2.29. The van der Waals surface area contributed by atoms with Gasteiger partial charge in [0.25, 0.3) is 0 Å². The Morgan fingerprint density at radius 1 is 1.12 bits per heavy atom. The third kappa shape index (κ3) is 5.94. The summed E-state index contributed by atoms with van der Waals surface area (Å²) in [6.45, 7) is 3.63. The number of nitrogens with zero attached hydrogens (tertiary/aromatic N) is 1. The lowest BCUT2D eigenvalue weighted by Crippen LogP contribution is -2.42. The number of methoxy groups -OCH3 is 1. The van der Waals surface area contributed by atoms with E-state index in [9.17, 15) is 13.2 Å². The second-order valence-corrected chi connectivity index (χ2v) is 10.1. The summed E-state index contributed by atoms with van der Waals surface area (Å²) >= 11 is 5.85. The van der Waals surface area contributed by atoms with Gasteiger partial charge in [0, 0.05) is 30.6 Å². The summed E-state index contributed by atoms with van der Waals surface area (Å²) in [6, 6.07) is 11.7. The average molecular weight is 481 g/mol. The molecule has 0 aliphatic carbocycles. The Balaban J connectivity index is 1.53. The normalized spacial score (nSPS) is 15.3. The summed E-state index contributed by atoms with van der Waals surface area (Å²) in [6.07, 6.45) is 1.86. The minimum absolute atomic E-state index is 0.0705. The van der Waals surface area contributed by atoms with Crippen LogP contribution in [0.4, 0.5) is 0 Å². The fourth-order valence-corrected chi connectivity index (χ4v) is 5.20. The summed E-state index contributed by atoms with van der Waals surface area (Å²) in [4.78, 5) is 12.9. The van der Waals surface area contributed by atoms with Gasteiger partial charge in [-0.15, -0.1) is 0 Å². The van der Waals surface area contributed by atoms with Gasteiger partial charge in [-0.3, -0.25) is 4.79 Å². The van der Waals surface area contributed by atoms with Crippen LogP contribution in [0, 0.1) is 5.92 Å². The molecule has 2 aromatic rings. The molecule has 1 N–H and O–H groups in total. The fraction of sp³-hybridized carbons (Fsp3) is 0.435. The minimum atomic E-state index is -3.58. The van der Waals surface area contributed by atoms with Crippen molar-refractivity contribution in [1.82, 2.24) is 9.62 Å². The van der Waals surface area contributed by atoms with Gasteiger partial charge in [-0.05, 0) is 61.2 Å². The van der Waals surface area contributed by atoms with Crippen molar-refractivity contribution < 1.29 is 22.7 Å². The number of carbonyl (C=O) groups is 1. The Kier molecular flexibility index (Phi) is 8.39. The molecule has 0 atom stereocenters. The molecule has 0 spiro atoms. The molecule has 7 nitrogen and oxygen atoms in total. The number of hydrogen-bond donors (Lipinski definition) is 1. The Bertz CT molecular complexity index is 1020. The summed E-state index contributed by atoms with van der Waals surface area (Å²) in [5, 5.41) is 3.44. The van der Waals surface area contributed by atoms with E-state index in [1.807, 2.05) is 25.1 Å². The van der Waals surface area contributed by atoms with Crippen LogP contribution in [-0.2, 0) is 21.4 Å².